The van der Waals surface area contributed by atoms with E-state index in [2.05, 4.69) is 112 Å². The van der Waals surface area contributed by atoms with Crippen LogP contribution in [-0.4, -0.2) is 24.2 Å². The summed E-state index contributed by atoms with van der Waals surface area (Å²) in [4.78, 5) is 0. The van der Waals surface area contributed by atoms with E-state index in [4.69, 9.17) is 9.47 Å². The molecule has 0 aromatic heterocycles. The van der Waals surface area contributed by atoms with Gasteiger partial charge in [-0.05, 0) is 69.5 Å². The third-order valence-corrected chi connectivity index (χ3v) is 12.7. The third kappa shape index (κ3) is 9.12. The normalized spacial score (nSPS) is 18.4. The Morgan fingerprint density at radius 1 is 0.550 bits per heavy atom. The monoisotopic (exact) mass is 672 g/mol. The van der Waals surface area contributed by atoms with Crippen LogP contribution in [0.3, 0.4) is 0 Å². The molecule has 0 bridgehead atoms. The van der Waals surface area contributed by atoms with Crippen molar-refractivity contribution < 1.29 is 33.5 Å². The molecule has 1 fully saturated rings. The summed E-state index contributed by atoms with van der Waals surface area (Å²) in [5.74, 6) is -0.486. The van der Waals surface area contributed by atoms with Gasteiger partial charge < -0.3 is 33.5 Å². The van der Waals surface area contributed by atoms with Crippen LogP contribution in [0.25, 0.3) is 0 Å². The first kappa shape index (κ1) is 33.2. The van der Waals surface area contributed by atoms with E-state index in [9.17, 15) is 0 Å². The minimum absolute atomic E-state index is 0. The molecular formula is C36H50IO2P. The summed E-state index contributed by atoms with van der Waals surface area (Å²) < 4.78 is 13.0. The van der Waals surface area contributed by atoms with Crippen molar-refractivity contribution in [1.29, 1.82) is 0 Å². The van der Waals surface area contributed by atoms with Crippen LogP contribution in [0, 0.1) is 0 Å². The number of rotatable bonds is 16. The highest BCUT2D eigenvalue weighted by molar-refractivity contribution is 7.95. The average Bonchev–Trinajstić information content (AvgIpc) is 3.27. The molecule has 3 aromatic carbocycles. The molecule has 0 aliphatic carbocycles. The van der Waals surface area contributed by atoms with Gasteiger partial charge in [0.15, 0.2) is 5.79 Å². The van der Waals surface area contributed by atoms with E-state index in [1.165, 1.54) is 67.3 Å². The van der Waals surface area contributed by atoms with Gasteiger partial charge in [0.25, 0.3) is 0 Å². The maximum atomic E-state index is 6.51. The lowest BCUT2D eigenvalue weighted by atomic mass is 10.0. The first-order chi connectivity index (χ1) is 19.0. The summed E-state index contributed by atoms with van der Waals surface area (Å²) in [7, 11) is -1.80. The van der Waals surface area contributed by atoms with Gasteiger partial charge in [0.05, 0.1) is 18.4 Å². The Kier molecular flexibility index (Phi) is 14.1. The fourth-order valence-electron chi connectivity index (χ4n) is 6.29. The van der Waals surface area contributed by atoms with Gasteiger partial charge in [0.1, 0.15) is 23.2 Å². The molecule has 3 aromatic rings. The van der Waals surface area contributed by atoms with E-state index in [1.54, 1.807) is 0 Å². The van der Waals surface area contributed by atoms with E-state index in [-0.39, 0.29) is 36.2 Å². The molecule has 0 spiro atoms. The molecule has 1 saturated heterocycles. The van der Waals surface area contributed by atoms with Crippen LogP contribution in [0.2, 0.25) is 0 Å². The van der Waals surface area contributed by atoms with Crippen LogP contribution < -0.4 is 39.9 Å². The second-order valence-electron chi connectivity index (χ2n) is 11.7. The molecule has 0 amide bonds. The van der Waals surface area contributed by atoms with Crippen molar-refractivity contribution in [2.75, 3.05) is 6.16 Å². The van der Waals surface area contributed by atoms with Crippen molar-refractivity contribution in [3.63, 3.8) is 0 Å². The predicted octanol–water partition coefficient (Wildman–Crippen LogP) is 5.82. The highest BCUT2D eigenvalue weighted by Crippen LogP contribution is 2.56. The van der Waals surface area contributed by atoms with Crippen LogP contribution in [0.15, 0.2) is 91.0 Å². The summed E-state index contributed by atoms with van der Waals surface area (Å²) in [6.45, 7) is 6.46. The number of hydrogen-bond donors (Lipinski definition) is 0. The van der Waals surface area contributed by atoms with E-state index >= 15 is 0 Å². The van der Waals surface area contributed by atoms with Crippen LogP contribution in [0.5, 0.6) is 0 Å². The number of hydrogen-bond acceptors (Lipinski definition) is 2. The Hall–Kier alpha value is -1.26. The van der Waals surface area contributed by atoms with E-state index in [0.29, 0.717) is 0 Å². The van der Waals surface area contributed by atoms with Gasteiger partial charge in [-0.2, -0.15) is 0 Å². The summed E-state index contributed by atoms with van der Waals surface area (Å²) in [6.07, 6.45) is 15.5. The van der Waals surface area contributed by atoms with Crippen molar-refractivity contribution in [2.45, 2.75) is 109 Å². The van der Waals surface area contributed by atoms with E-state index in [0.717, 1.165) is 25.4 Å². The predicted molar refractivity (Wildman–Crippen MR) is 170 cm³/mol. The van der Waals surface area contributed by atoms with Crippen LogP contribution in [0.4, 0.5) is 0 Å². The summed E-state index contributed by atoms with van der Waals surface area (Å²) in [5, 5.41) is 4.38. The molecule has 0 radical (unpaired) electrons. The zero-order chi connectivity index (χ0) is 27.4. The smallest absolute Gasteiger partial charge is 0.163 e. The molecule has 0 unspecified atom stereocenters. The second kappa shape index (κ2) is 17.0. The molecule has 0 N–H and O–H groups in total. The number of halogens is 1. The first-order valence-corrected chi connectivity index (χ1v) is 17.4. The van der Waals surface area contributed by atoms with E-state index < -0.39 is 13.0 Å². The molecule has 1 aliphatic heterocycles. The topological polar surface area (TPSA) is 18.5 Å². The van der Waals surface area contributed by atoms with Crippen LogP contribution in [0.1, 0.15) is 91.4 Å². The lowest BCUT2D eigenvalue weighted by Gasteiger charge is -2.28. The molecule has 2 atom stereocenters. The van der Waals surface area contributed by atoms with Gasteiger partial charge in [-0.1, -0.05) is 113 Å². The van der Waals surface area contributed by atoms with Gasteiger partial charge in [0, 0.05) is 0 Å². The van der Waals surface area contributed by atoms with Crippen molar-refractivity contribution in [3.8, 4) is 0 Å². The van der Waals surface area contributed by atoms with Gasteiger partial charge in [-0.15, -0.1) is 0 Å². The zero-order valence-electron chi connectivity index (χ0n) is 24.9. The summed E-state index contributed by atoms with van der Waals surface area (Å²) in [6, 6.07) is 33.7. The standard InChI is InChI=1S/C36H50O2P.HI/c1-4-5-6-7-8-9-10-20-28-34-35(38-36(2,3)37-34)29-21-30-39(31-22-14-11-15-23-31,32-24-16-12-17-25-32)33-26-18-13-19-27-33;/h11-19,22-27,34-35H,4-10,20-21,28-30H2,1-3H3;1H/q+1;/p-1/t34-,35+;/m0./s1. The molecule has 2 nitrogen and oxygen atoms in total. The summed E-state index contributed by atoms with van der Waals surface area (Å²) >= 11 is 0. The SMILES string of the molecule is CCCCCCCCCC[C@@H]1OC(C)(C)O[C@@H]1CCC[P+](c1ccccc1)(c1ccccc1)c1ccccc1.[I-]. The number of benzene rings is 3. The fourth-order valence-corrected chi connectivity index (χ4v) is 10.7. The van der Waals surface area contributed by atoms with Crippen molar-refractivity contribution in [1.82, 2.24) is 0 Å². The van der Waals surface area contributed by atoms with Gasteiger partial charge in [-0.3, -0.25) is 0 Å². The first-order valence-electron chi connectivity index (χ1n) is 15.5. The van der Waals surface area contributed by atoms with E-state index in [1.807, 2.05) is 0 Å². The average molecular weight is 673 g/mol. The molecule has 4 heteroatoms. The largest absolute Gasteiger partial charge is 1.00 e. The molecular weight excluding hydrogens is 622 g/mol. The summed E-state index contributed by atoms with van der Waals surface area (Å²) in [5.41, 5.74) is 0. The van der Waals surface area contributed by atoms with Gasteiger partial charge in [-0.25, -0.2) is 0 Å². The maximum absolute atomic E-state index is 6.51. The quantitative estimate of drug-likeness (QED) is 0.109. The number of ether oxygens (including phenoxy) is 2. The molecule has 218 valence electrons. The van der Waals surface area contributed by atoms with Crippen LogP contribution >= 0.6 is 7.26 Å². The molecule has 1 aliphatic rings. The maximum Gasteiger partial charge on any atom is 0.163 e. The fraction of sp³-hybridized carbons (Fsp3) is 0.500. The van der Waals surface area contributed by atoms with Crippen molar-refractivity contribution in [3.05, 3.63) is 91.0 Å². The van der Waals surface area contributed by atoms with Gasteiger partial charge >= 0.3 is 0 Å². The molecule has 0 saturated carbocycles. The molecule has 4 rings (SSSR count). The third-order valence-electron chi connectivity index (χ3n) is 8.20. The van der Waals surface area contributed by atoms with Crippen molar-refractivity contribution in [2.24, 2.45) is 0 Å². The molecule has 40 heavy (non-hydrogen) atoms. The Balaban J connectivity index is 0.00000441. The highest BCUT2D eigenvalue weighted by atomic mass is 127. The number of unbranched alkanes of at least 4 members (excludes halogenated alkanes) is 7. The highest BCUT2D eigenvalue weighted by Gasteiger charge is 2.46. The Labute approximate surface area is 262 Å². The minimum Gasteiger partial charge on any atom is -1.00 e. The Morgan fingerprint density at radius 2 is 0.925 bits per heavy atom. The Morgan fingerprint density at radius 3 is 1.35 bits per heavy atom. The van der Waals surface area contributed by atoms with Gasteiger partial charge in [0.2, 0.25) is 0 Å². The Bertz CT molecular complexity index is 977. The van der Waals surface area contributed by atoms with Crippen molar-refractivity contribution >= 4 is 23.2 Å². The zero-order valence-corrected chi connectivity index (χ0v) is 28.0. The lowest BCUT2D eigenvalue weighted by molar-refractivity contribution is -0.147. The molecule has 1 heterocycles. The van der Waals surface area contributed by atoms with Crippen LogP contribution in [-0.2, 0) is 9.47 Å². The minimum atomic E-state index is -1.80. The second-order valence-corrected chi connectivity index (χ2v) is 15.3. The lowest BCUT2D eigenvalue weighted by Crippen LogP contribution is -3.00.